The molecule has 0 aliphatic carbocycles. The van der Waals surface area contributed by atoms with Crippen LogP contribution < -0.4 is 0 Å². The van der Waals surface area contributed by atoms with E-state index in [0.717, 1.165) is 12.8 Å². The third-order valence-electron chi connectivity index (χ3n) is 3.44. The molecule has 0 radical (unpaired) electrons. The second-order valence-electron chi connectivity index (χ2n) is 8.01. The van der Waals surface area contributed by atoms with Crippen LogP contribution in [0.4, 0.5) is 0 Å². The van der Waals surface area contributed by atoms with E-state index in [9.17, 15) is 5.11 Å². The zero-order chi connectivity index (χ0) is 14.4. The first-order chi connectivity index (χ1) is 8.09. The van der Waals surface area contributed by atoms with E-state index in [1.165, 1.54) is 12.8 Å². The normalized spacial score (nSPS) is 16.7. The molecule has 0 rings (SSSR count). The highest BCUT2D eigenvalue weighted by Gasteiger charge is 2.27. The molecule has 0 bridgehead atoms. The van der Waals surface area contributed by atoms with Crippen LogP contribution in [0, 0.1) is 22.7 Å². The Morgan fingerprint density at radius 3 is 1.94 bits per heavy atom. The smallest absolute Gasteiger partial charge is 0.0460 e. The molecule has 0 fully saturated rings. The van der Waals surface area contributed by atoms with Gasteiger partial charge in [0.25, 0.3) is 0 Å². The predicted octanol–water partition coefficient (Wildman–Crippen LogP) is 3.86. The van der Waals surface area contributed by atoms with Crippen LogP contribution in [0.2, 0.25) is 0 Å². The van der Waals surface area contributed by atoms with Gasteiger partial charge in [0, 0.05) is 13.2 Å². The third kappa shape index (κ3) is 8.93. The van der Waals surface area contributed by atoms with Gasteiger partial charge in [0.05, 0.1) is 0 Å². The van der Waals surface area contributed by atoms with Crippen molar-refractivity contribution in [2.75, 3.05) is 13.2 Å². The van der Waals surface area contributed by atoms with Gasteiger partial charge < -0.3 is 10.2 Å². The molecule has 0 aromatic heterocycles. The van der Waals surface area contributed by atoms with E-state index >= 15 is 0 Å². The first-order valence-electron chi connectivity index (χ1n) is 7.31. The maximum atomic E-state index is 9.28. The van der Waals surface area contributed by atoms with Crippen molar-refractivity contribution in [3.63, 3.8) is 0 Å². The van der Waals surface area contributed by atoms with Gasteiger partial charge in [-0.2, -0.15) is 0 Å². The van der Waals surface area contributed by atoms with Crippen molar-refractivity contribution in [2.45, 2.75) is 67.2 Å². The molecule has 0 aliphatic rings. The quantitative estimate of drug-likeness (QED) is 0.694. The second kappa shape index (κ2) is 7.49. The molecule has 0 amide bonds. The molecule has 2 unspecified atom stereocenters. The van der Waals surface area contributed by atoms with Crippen LogP contribution in [-0.4, -0.2) is 23.4 Å². The van der Waals surface area contributed by atoms with Crippen LogP contribution in [-0.2, 0) is 0 Å². The summed E-state index contributed by atoms with van der Waals surface area (Å²) >= 11 is 0. The maximum absolute atomic E-state index is 9.28. The molecular formula is C16H34O2. The molecule has 2 atom stereocenters. The molecule has 110 valence electrons. The van der Waals surface area contributed by atoms with Gasteiger partial charge in [-0.3, -0.25) is 0 Å². The molecule has 2 heteroatoms. The minimum atomic E-state index is 0.184. The second-order valence-corrected chi connectivity index (χ2v) is 8.01. The lowest BCUT2D eigenvalue weighted by Crippen LogP contribution is -2.24. The Balaban J connectivity index is 4.24. The van der Waals surface area contributed by atoms with Crippen molar-refractivity contribution in [1.82, 2.24) is 0 Å². The summed E-state index contributed by atoms with van der Waals surface area (Å²) in [4.78, 5) is 0. The number of aliphatic hydroxyl groups excluding tert-OH is 2. The molecule has 18 heavy (non-hydrogen) atoms. The minimum Gasteiger partial charge on any atom is -0.396 e. The Morgan fingerprint density at radius 1 is 1.00 bits per heavy atom. The summed E-state index contributed by atoms with van der Waals surface area (Å²) in [6, 6.07) is 0. The molecule has 0 heterocycles. The predicted molar refractivity (Wildman–Crippen MR) is 78.5 cm³/mol. The molecule has 2 N–H and O–H groups in total. The van der Waals surface area contributed by atoms with Crippen molar-refractivity contribution < 1.29 is 10.2 Å². The Hall–Kier alpha value is -0.0800. The highest BCUT2D eigenvalue weighted by molar-refractivity contribution is 4.79. The fourth-order valence-corrected chi connectivity index (χ4v) is 3.57. The number of rotatable bonds is 8. The summed E-state index contributed by atoms with van der Waals surface area (Å²) in [5, 5.41) is 18.2. The van der Waals surface area contributed by atoms with Crippen LogP contribution in [0.25, 0.3) is 0 Å². The van der Waals surface area contributed by atoms with Gasteiger partial charge in [-0.05, 0) is 48.3 Å². The lowest BCUT2D eigenvalue weighted by Gasteiger charge is -2.35. The van der Waals surface area contributed by atoms with E-state index in [0.29, 0.717) is 16.7 Å². The molecule has 0 aromatic rings. The number of aliphatic hydroxyl groups is 2. The van der Waals surface area contributed by atoms with Crippen molar-refractivity contribution in [2.24, 2.45) is 22.7 Å². The van der Waals surface area contributed by atoms with E-state index in [4.69, 9.17) is 5.11 Å². The SMILES string of the molecule is CC(CC(CO)CCO)CC(C)(C)CC(C)(C)C. The summed E-state index contributed by atoms with van der Waals surface area (Å²) in [5.41, 5.74) is 0.710. The standard InChI is InChI=1S/C16H34O2/c1-13(9-14(11-18)7-8-17)10-16(5,6)12-15(2,3)4/h13-14,17-18H,7-12H2,1-6H3. The summed E-state index contributed by atoms with van der Waals surface area (Å²) in [7, 11) is 0. The van der Waals surface area contributed by atoms with Crippen LogP contribution in [0.15, 0.2) is 0 Å². The molecule has 0 saturated carbocycles. The molecular weight excluding hydrogens is 224 g/mol. The average molecular weight is 258 g/mol. The molecule has 0 spiro atoms. The summed E-state index contributed by atoms with van der Waals surface area (Å²) in [5.74, 6) is 0.862. The monoisotopic (exact) mass is 258 g/mol. The van der Waals surface area contributed by atoms with E-state index < -0.39 is 0 Å². The van der Waals surface area contributed by atoms with Gasteiger partial charge in [0.2, 0.25) is 0 Å². The average Bonchev–Trinajstić information content (AvgIpc) is 2.11. The zero-order valence-corrected chi connectivity index (χ0v) is 13.3. The fourth-order valence-electron chi connectivity index (χ4n) is 3.57. The van der Waals surface area contributed by atoms with Crippen LogP contribution >= 0.6 is 0 Å². The van der Waals surface area contributed by atoms with Crippen molar-refractivity contribution in [3.05, 3.63) is 0 Å². The van der Waals surface area contributed by atoms with Crippen molar-refractivity contribution in [3.8, 4) is 0 Å². The summed E-state index contributed by atoms with van der Waals surface area (Å²) < 4.78 is 0. The fraction of sp³-hybridized carbons (Fsp3) is 1.00. The van der Waals surface area contributed by atoms with Gasteiger partial charge in [0.15, 0.2) is 0 Å². The van der Waals surface area contributed by atoms with Gasteiger partial charge in [-0.15, -0.1) is 0 Å². The van der Waals surface area contributed by atoms with E-state index in [1.54, 1.807) is 0 Å². The van der Waals surface area contributed by atoms with E-state index in [2.05, 4.69) is 41.5 Å². The molecule has 0 aliphatic heterocycles. The minimum absolute atomic E-state index is 0.184. The Kier molecular flexibility index (Phi) is 7.46. The first-order valence-corrected chi connectivity index (χ1v) is 7.31. The zero-order valence-electron chi connectivity index (χ0n) is 13.3. The Bertz CT molecular complexity index is 216. The lowest BCUT2D eigenvalue weighted by molar-refractivity contribution is 0.134. The highest BCUT2D eigenvalue weighted by atomic mass is 16.3. The first kappa shape index (κ1) is 17.9. The van der Waals surface area contributed by atoms with Gasteiger partial charge in [-0.25, -0.2) is 0 Å². The Morgan fingerprint density at radius 2 is 1.56 bits per heavy atom. The molecule has 0 aromatic carbocycles. The van der Waals surface area contributed by atoms with Crippen molar-refractivity contribution in [1.29, 1.82) is 0 Å². The van der Waals surface area contributed by atoms with Crippen LogP contribution in [0.1, 0.15) is 67.2 Å². The van der Waals surface area contributed by atoms with E-state index in [1.807, 2.05) is 0 Å². The largest absolute Gasteiger partial charge is 0.396 e. The van der Waals surface area contributed by atoms with Crippen LogP contribution in [0.3, 0.4) is 0 Å². The lowest BCUT2D eigenvalue weighted by atomic mass is 9.71. The maximum Gasteiger partial charge on any atom is 0.0460 e. The summed E-state index contributed by atoms with van der Waals surface area (Å²) in [6.07, 6.45) is 4.14. The summed E-state index contributed by atoms with van der Waals surface area (Å²) in [6.45, 7) is 14.2. The van der Waals surface area contributed by atoms with Gasteiger partial charge in [0.1, 0.15) is 0 Å². The van der Waals surface area contributed by atoms with E-state index in [-0.39, 0.29) is 19.1 Å². The van der Waals surface area contributed by atoms with Gasteiger partial charge >= 0.3 is 0 Å². The Labute approximate surface area is 114 Å². The molecule has 2 nitrogen and oxygen atoms in total. The van der Waals surface area contributed by atoms with Crippen molar-refractivity contribution >= 4 is 0 Å². The number of hydrogen-bond donors (Lipinski definition) is 2. The topological polar surface area (TPSA) is 40.5 Å². The number of hydrogen-bond acceptors (Lipinski definition) is 2. The highest BCUT2D eigenvalue weighted by Crippen LogP contribution is 2.39. The molecule has 0 saturated heterocycles. The van der Waals surface area contributed by atoms with Gasteiger partial charge in [-0.1, -0.05) is 41.5 Å². The third-order valence-corrected chi connectivity index (χ3v) is 3.44. The van der Waals surface area contributed by atoms with Crippen LogP contribution in [0.5, 0.6) is 0 Å².